The summed E-state index contributed by atoms with van der Waals surface area (Å²) in [6.07, 6.45) is 8.53. The van der Waals surface area contributed by atoms with E-state index in [9.17, 15) is 9.59 Å². The molecule has 0 aromatic heterocycles. The highest BCUT2D eigenvalue weighted by molar-refractivity contribution is 6.35. The van der Waals surface area contributed by atoms with Gasteiger partial charge in [0.25, 0.3) is 0 Å². The van der Waals surface area contributed by atoms with Crippen molar-refractivity contribution in [3.63, 3.8) is 0 Å². The Morgan fingerprint density at radius 1 is 1.24 bits per heavy atom. The maximum Gasteiger partial charge on any atom is 0.407 e. The lowest BCUT2D eigenvalue weighted by atomic mass is 9.86. The molecule has 0 aliphatic carbocycles. The molecule has 3 heterocycles. The highest BCUT2D eigenvalue weighted by Gasteiger charge is 2.57. The van der Waals surface area contributed by atoms with E-state index < -0.39 is 5.60 Å². The summed E-state index contributed by atoms with van der Waals surface area (Å²) in [4.78, 5) is 27.0. The van der Waals surface area contributed by atoms with Crippen LogP contribution in [0.1, 0.15) is 65.9 Å². The number of methoxy groups -OCH3 is 1. The highest BCUT2D eigenvalue weighted by Crippen LogP contribution is 2.47. The summed E-state index contributed by atoms with van der Waals surface area (Å²) in [6, 6.07) is 3.88. The zero-order valence-electron chi connectivity index (χ0n) is 23.1. The average Bonchev–Trinajstić information content (AvgIpc) is 3.56. The number of anilines is 1. The van der Waals surface area contributed by atoms with Gasteiger partial charge in [-0.3, -0.25) is 4.79 Å². The maximum atomic E-state index is 13.2. The lowest BCUT2D eigenvalue weighted by Crippen LogP contribution is -2.48. The summed E-state index contributed by atoms with van der Waals surface area (Å²) in [6.45, 7) is 10.1. The molecule has 2 amide bonds. The summed E-state index contributed by atoms with van der Waals surface area (Å²) in [5.41, 5.74) is 2.37. The van der Waals surface area contributed by atoms with Gasteiger partial charge in [0.15, 0.2) is 0 Å². The fraction of sp³-hybridized carbons (Fsp3) is 0.586. The molecule has 0 saturated carbocycles. The molecule has 4 rings (SSSR count). The molecule has 1 aromatic rings. The van der Waals surface area contributed by atoms with Crippen molar-refractivity contribution in [3.05, 3.63) is 46.5 Å². The van der Waals surface area contributed by atoms with Gasteiger partial charge in [0, 0.05) is 31.8 Å². The van der Waals surface area contributed by atoms with E-state index in [1.807, 2.05) is 39.0 Å². The number of nitrogens with one attached hydrogen (secondary N) is 1. The third-order valence-corrected chi connectivity index (χ3v) is 7.77. The SMILES string of the molecule is CC.COc1cc2cc(c1Cl)N(C)C(=O)CCC1(C)OC1[C@H](C)C1CC(C/C=C/C=C(\C)C2)NC(=O)O1. The lowest BCUT2D eigenvalue weighted by Gasteiger charge is -2.33. The van der Waals surface area contributed by atoms with E-state index >= 15 is 0 Å². The standard InChI is InChI=1S/C27H35ClN2O5.C2H6/c1-16-8-6-7-9-19-15-21(34-26(32)29-19)17(2)25-27(3,35-25)11-10-23(31)30(4)20-13-18(12-16)14-22(33-5)24(20)28;1-2/h6-8,13-14,17,19,21,25H,9-12,15H2,1-5H3,(H,29,32);1-2H3/b7-6+,16-8+;/t17-,19?,21?,25?,27?;/m1./s1. The van der Waals surface area contributed by atoms with Crippen molar-refractivity contribution >= 4 is 29.3 Å². The molecule has 0 radical (unpaired) electrons. The lowest BCUT2D eigenvalue weighted by molar-refractivity contribution is -0.118. The molecule has 4 unspecified atom stereocenters. The Hall–Kier alpha value is -2.51. The highest BCUT2D eigenvalue weighted by atomic mass is 35.5. The molecule has 1 N–H and O–H groups in total. The quantitative estimate of drug-likeness (QED) is 0.434. The number of hydrogen-bond acceptors (Lipinski definition) is 5. The van der Waals surface area contributed by atoms with Crippen LogP contribution in [-0.4, -0.2) is 50.0 Å². The van der Waals surface area contributed by atoms with Crippen LogP contribution < -0.4 is 15.0 Å². The predicted molar refractivity (Wildman–Crippen MR) is 147 cm³/mol. The molecule has 2 saturated heterocycles. The number of benzene rings is 1. The first-order valence-electron chi connectivity index (χ1n) is 13.2. The molecule has 1 aromatic carbocycles. The zero-order chi connectivity index (χ0) is 27.3. The molecule has 3 aliphatic heterocycles. The van der Waals surface area contributed by atoms with Crippen LogP contribution in [0.4, 0.5) is 10.5 Å². The van der Waals surface area contributed by atoms with Gasteiger partial charge in [0.05, 0.1) is 24.5 Å². The normalized spacial score (nSPS) is 32.4. The van der Waals surface area contributed by atoms with Gasteiger partial charge in [-0.15, -0.1) is 0 Å². The molecule has 0 spiro atoms. The van der Waals surface area contributed by atoms with E-state index in [1.54, 1.807) is 19.1 Å². The van der Waals surface area contributed by atoms with Crippen molar-refractivity contribution in [1.29, 1.82) is 0 Å². The fourth-order valence-corrected chi connectivity index (χ4v) is 5.48. The third kappa shape index (κ3) is 6.88. The monoisotopic (exact) mass is 532 g/mol. The zero-order valence-corrected chi connectivity index (χ0v) is 23.9. The van der Waals surface area contributed by atoms with Crippen molar-refractivity contribution in [2.24, 2.45) is 5.92 Å². The molecule has 7 nitrogen and oxygen atoms in total. The first kappa shape index (κ1) is 29.1. The van der Waals surface area contributed by atoms with Gasteiger partial charge >= 0.3 is 6.09 Å². The van der Waals surface area contributed by atoms with Gasteiger partial charge in [0.2, 0.25) is 5.91 Å². The average molecular weight is 533 g/mol. The Labute approximate surface area is 226 Å². The fourth-order valence-electron chi connectivity index (χ4n) is 5.16. The number of hydrogen-bond donors (Lipinski definition) is 1. The third-order valence-electron chi connectivity index (χ3n) is 7.39. The number of alkyl carbamates (subject to hydrolysis) is 1. The minimum absolute atomic E-state index is 0.0130. The molecular formula is C29H41ClN2O5. The molecule has 204 valence electrons. The van der Waals surface area contributed by atoms with Crippen LogP contribution in [0.25, 0.3) is 0 Å². The second-order valence-corrected chi connectivity index (χ2v) is 10.5. The smallest absolute Gasteiger partial charge is 0.407 e. The van der Waals surface area contributed by atoms with Crippen molar-refractivity contribution in [1.82, 2.24) is 5.32 Å². The number of carbonyl (C=O) groups excluding carboxylic acids is 2. The first-order valence-corrected chi connectivity index (χ1v) is 13.6. The number of rotatable bonds is 1. The van der Waals surface area contributed by atoms with Gasteiger partial charge < -0.3 is 24.4 Å². The van der Waals surface area contributed by atoms with Gasteiger partial charge in [-0.25, -0.2) is 4.79 Å². The number of amides is 2. The second kappa shape index (κ2) is 12.4. The van der Waals surface area contributed by atoms with Crippen LogP contribution in [0, 0.1) is 5.92 Å². The number of fused-ring (bicyclic) bond motifs is 5. The minimum atomic E-state index is -0.421. The van der Waals surface area contributed by atoms with E-state index in [1.165, 1.54) is 0 Å². The molecule has 5 atom stereocenters. The molecular weight excluding hydrogens is 492 g/mol. The number of epoxide rings is 1. The van der Waals surface area contributed by atoms with Crippen LogP contribution in [0.2, 0.25) is 5.02 Å². The maximum absolute atomic E-state index is 13.2. The van der Waals surface area contributed by atoms with Crippen LogP contribution in [-0.2, 0) is 20.7 Å². The Morgan fingerprint density at radius 3 is 2.68 bits per heavy atom. The van der Waals surface area contributed by atoms with Crippen molar-refractivity contribution in [2.45, 2.75) is 90.6 Å². The number of halogens is 1. The van der Waals surface area contributed by atoms with Gasteiger partial charge in [0.1, 0.15) is 16.9 Å². The van der Waals surface area contributed by atoms with Crippen LogP contribution in [0.3, 0.4) is 0 Å². The van der Waals surface area contributed by atoms with Gasteiger partial charge in [-0.05, 0) is 50.8 Å². The molecule has 4 bridgehead atoms. The molecule has 3 aliphatic rings. The summed E-state index contributed by atoms with van der Waals surface area (Å²) in [5.74, 6) is 0.531. The van der Waals surface area contributed by atoms with Crippen LogP contribution >= 0.6 is 11.6 Å². The predicted octanol–water partition coefficient (Wildman–Crippen LogP) is 6.23. The Bertz CT molecular complexity index is 1050. The van der Waals surface area contributed by atoms with E-state index in [2.05, 4.69) is 31.3 Å². The van der Waals surface area contributed by atoms with E-state index in [-0.39, 0.29) is 36.2 Å². The van der Waals surface area contributed by atoms with Gasteiger partial charge in [-0.2, -0.15) is 0 Å². The van der Waals surface area contributed by atoms with Gasteiger partial charge in [-0.1, -0.05) is 56.2 Å². The van der Waals surface area contributed by atoms with E-state index in [0.717, 1.165) is 24.0 Å². The first-order chi connectivity index (χ1) is 17.6. The summed E-state index contributed by atoms with van der Waals surface area (Å²) in [5, 5.41) is 3.35. The Morgan fingerprint density at radius 2 is 1.97 bits per heavy atom. The second-order valence-electron chi connectivity index (χ2n) is 10.2. The minimum Gasteiger partial charge on any atom is -0.495 e. The Balaban J connectivity index is 0.00000186. The molecule has 8 heteroatoms. The summed E-state index contributed by atoms with van der Waals surface area (Å²) < 4.78 is 17.2. The largest absolute Gasteiger partial charge is 0.495 e. The van der Waals surface area contributed by atoms with Crippen molar-refractivity contribution < 1.29 is 23.8 Å². The number of carbonyl (C=O) groups is 2. The molecule has 2 fully saturated rings. The van der Waals surface area contributed by atoms with Crippen molar-refractivity contribution in [2.75, 3.05) is 19.1 Å². The van der Waals surface area contributed by atoms with Crippen LogP contribution in [0.5, 0.6) is 5.75 Å². The number of ether oxygens (including phenoxy) is 3. The topological polar surface area (TPSA) is 80.4 Å². The van der Waals surface area contributed by atoms with Crippen molar-refractivity contribution in [3.8, 4) is 5.75 Å². The van der Waals surface area contributed by atoms with E-state index in [4.69, 9.17) is 25.8 Å². The number of allylic oxidation sites excluding steroid dienone is 3. The molecule has 37 heavy (non-hydrogen) atoms. The summed E-state index contributed by atoms with van der Waals surface area (Å²) in [7, 11) is 3.32. The van der Waals surface area contributed by atoms with Crippen LogP contribution in [0.15, 0.2) is 35.9 Å². The van der Waals surface area contributed by atoms with E-state index in [0.29, 0.717) is 35.7 Å². The number of nitrogens with zero attached hydrogens (tertiary/aromatic N) is 1. The summed E-state index contributed by atoms with van der Waals surface area (Å²) >= 11 is 6.60. The Kier molecular flexibility index (Phi) is 9.70.